The second kappa shape index (κ2) is 7.32. The van der Waals surface area contributed by atoms with Crippen LogP contribution in [0.5, 0.6) is 0 Å². The molecule has 1 aliphatic heterocycles. The van der Waals surface area contributed by atoms with Gasteiger partial charge in [-0.3, -0.25) is 14.2 Å². The Hall–Kier alpha value is -1.39. The molecule has 0 spiro atoms. The molecule has 0 unspecified atom stereocenters. The molecule has 3 rings (SSSR count). The van der Waals surface area contributed by atoms with E-state index in [1.54, 1.807) is 4.57 Å². The molecule has 7 nitrogen and oxygen atoms in total. The van der Waals surface area contributed by atoms with Crippen LogP contribution in [0.25, 0.3) is 10.2 Å². The number of nitrogens with zero attached hydrogens (tertiary/aromatic N) is 2. The standard InChI is InChI=1S/C16H20N2O5S3/c1-4-18-15(20)13-9(2)10(3)25-14(13)17-16(18)24-7-12(19)23-11-5-6-26(21,22)8-11/h11H,4-8H2,1-3H3/t11-/m0/s1. The Morgan fingerprint density at radius 1 is 1.42 bits per heavy atom. The highest BCUT2D eigenvalue weighted by Gasteiger charge is 2.30. The van der Waals surface area contributed by atoms with Crippen LogP contribution in [-0.4, -0.2) is 47.3 Å². The van der Waals surface area contributed by atoms with E-state index in [1.807, 2.05) is 20.8 Å². The molecule has 1 fully saturated rings. The van der Waals surface area contributed by atoms with E-state index >= 15 is 0 Å². The normalized spacial score (nSPS) is 19.1. The molecule has 0 bridgehead atoms. The molecule has 2 aromatic heterocycles. The number of aryl methyl sites for hydroxylation is 2. The van der Waals surface area contributed by atoms with Crippen molar-refractivity contribution in [1.29, 1.82) is 0 Å². The molecule has 2 aromatic rings. The Morgan fingerprint density at radius 3 is 2.77 bits per heavy atom. The number of rotatable bonds is 5. The maximum absolute atomic E-state index is 12.7. The molecule has 10 heteroatoms. The first-order valence-corrected chi connectivity index (χ1v) is 11.9. The zero-order chi connectivity index (χ0) is 19.1. The Kier molecular flexibility index (Phi) is 5.45. The molecule has 0 aromatic carbocycles. The third-order valence-corrected chi connectivity index (χ3v) is 8.17. The molecule has 0 N–H and O–H groups in total. The van der Waals surface area contributed by atoms with Crippen LogP contribution in [0.3, 0.4) is 0 Å². The van der Waals surface area contributed by atoms with Gasteiger partial charge in [-0.2, -0.15) is 0 Å². The molecular weight excluding hydrogens is 396 g/mol. The van der Waals surface area contributed by atoms with Crippen molar-refractivity contribution < 1.29 is 17.9 Å². The topological polar surface area (TPSA) is 95.3 Å². The smallest absolute Gasteiger partial charge is 0.316 e. The third-order valence-electron chi connectivity index (χ3n) is 4.38. The molecule has 26 heavy (non-hydrogen) atoms. The first-order valence-electron chi connectivity index (χ1n) is 8.25. The summed E-state index contributed by atoms with van der Waals surface area (Å²) in [5, 5.41) is 1.11. The summed E-state index contributed by atoms with van der Waals surface area (Å²) in [6, 6.07) is 0. The number of aromatic nitrogens is 2. The van der Waals surface area contributed by atoms with Crippen molar-refractivity contribution in [3.05, 3.63) is 20.8 Å². The van der Waals surface area contributed by atoms with Gasteiger partial charge in [-0.15, -0.1) is 11.3 Å². The number of thioether (sulfide) groups is 1. The van der Waals surface area contributed by atoms with Gasteiger partial charge in [0.05, 0.1) is 22.6 Å². The number of esters is 1. The largest absolute Gasteiger partial charge is 0.461 e. The first-order chi connectivity index (χ1) is 12.2. The van der Waals surface area contributed by atoms with Crippen molar-refractivity contribution in [2.45, 2.75) is 45.0 Å². The molecule has 1 saturated heterocycles. The van der Waals surface area contributed by atoms with E-state index in [9.17, 15) is 18.0 Å². The Balaban J connectivity index is 1.76. The fraction of sp³-hybridized carbons (Fsp3) is 0.562. The fourth-order valence-corrected chi connectivity index (χ4v) is 6.40. The van der Waals surface area contributed by atoms with Crippen LogP contribution in [-0.2, 0) is 25.9 Å². The van der Waals surface area contributed by atoms with Crippen LogP contribution in [0.2, 0.25) is 0 Å². The van der Waals surface area contributed by atoms with Crippen molar-refractivity contribution in [2.75, 3.05) is 17.3 Å². The van der Waals surface area contributed by atoms with E-state index in [2.05, 4.69) is 4.98 Å². The zero-order valence-corrected chi connectivity index (χ0v) is 17.2. The third kappa shape index (κ3) is 3.81. The van der Waals surface area contributed by atoms with Crippen molar-refractivity contribution in [3.8, 4) is 0 Å². The molecule has 142 valence electrons. The van der Waals surface area contributed by atoms with Crippen LogP contribution >= 0.6 is 23.1 Å². The summed E-state index contributed by atoms with van der Waals surface area (Å²) in [6.07, 6.45) is -0.226. The minimum absolute atomic E-state index is 0.0160. The van der Waals surface area contributed by atoms with Gasteiger partial charge in [-0.1, -0.05) is 11.8 Å². The van der Waals surface area contributed by atoms with E-state index in [0.717, 1.165) is 22.2 Å². The van der Waals surface area contributed by atoms with Gasteiger partial charge in [0.15, 0.2) is 15.0 Å². The molecule has 0 aliphatic carbocycles. The van der Waals surface area contributed by atoms with E-state index in [-0.39, 0.29) is 22.8 Å². The summed E-state index contributed by atoms with van der Waals surface area (Å²) >= 11 is 2.61. The number of sulfone groups is 1. The van der Waals surface area contributed by atoms with Gasteiger partial charge in [-0.05, 0) is 32.8 Å². The summed E-state index contributed by atoms with van der Waals surface area (Å²) in [4.78, 5) is 31.1. The van der Waals surface area contributed by atoms with Gasteiger partial charge < -0.3 is 4.74 Å². The lowest BCUT2D eigenvalue weighted by Crippen LogP contribution is -2.24. The number of carbonyl (C=O) groups excluding carboxylic acids is 1. The van der Waals surface area contributed by atoms with Crippen molar-refractivity contribution in [2.24, 2.45) is 0 Å². The fourth-order valence-electron chi connectivity index (χ4n) is 2.89. The van der Waals surface area contributed by atoms with Gasteiger partial charge >= 0.3 is 5.97 Å². The minimum atomic E-state index is -3.09. The van der Waals surface area contributed by atoms with Gasteiger partial charge in [-0.25, -0.2) is 13.4 Å². The molecule has 1 aliphatic rings. The first kappa shape index (κ1) is 19.4. The number of ether oxygens (including phenoxy) is 1. The summed E-state index contributed by atoms with van der Waals surface area (Å²) < 4.78 is 29.7. The van der Waals surface area contributed by atoms with Crippen molar-refractivity contribution in [1.82, 2.24) is 9.55 Å². The van der Waals surface area contributed by atoms with E-state index in [1.165, 1.54) is 11.3 Å². The Morgan fingerprint density at radius 2 is 2.15 bits per heavy atom. The lowest BCUT2D eigenvalue weighted by Gasteiger charge is -2.12. The highest BCUT2D eigenvalue weighted by molar-refractivity contribution is 7.99. The van der Waals surface area contributed by atoms with Crippen molar-refractivity contribution >= 4 is 49.1 Å². The molecule has 0 saturated carbocycles. The van der Waals surface area contributed by atoms with Gasteiger partial charge in [0.1, 0.15) is 10.9 Å². The number of hydrogen-bond donors (Lipinski definition) is 0. The van der Waals surface area contributed by atoms with Crippen LogP contribution in [0.15, 0.2) is 9.95 Å². The molecule has 0 amide bonds. The van der Waals surface area contributed by atoms with E-state index < -0.39 is 21.9 Å². The molecule has 1 atom stereocenters. The average Bonchev–Trinajstić information content (AvgIpc) is 3.04. The second-order valence-corrected chi connectivity index (χ2v) is 10.6. The van der Waals surface area contributed by atoms with Gasteiger partial charge in [0.25, 0.3) is 5.56 Å². The zero-order valence-electron chi connectivity index (χ0n) is 14.8. The lowest BCUT2D eigenvalue weighted by molar-refractivity contribution is -0.144. The monoisotopic (exact) mass is 416 g/mol. The lowest BCUT2D eigenvalue weighted by atomic mass is 10.2. The van der Waals surface area contributed by atoms with E-state index in [4.69, 9.17) is 4.74 Å². The van der Waals surface area contributed by atoms with Crippen LogP contribution < -0.4 is 5.56 Å². The predicted octanol–water partition coefficient (Wildman–Crippen LogP) is 1.92. The Labute approximate surface area is 159 Å². The predicted molar refractivity (Wildman–Crippen MR) is 103 cm³/mol. The van der Waals surface area contributed by atoms with Crippen molar-refractivity contribution in [3.63, 3.8) is 0 Å². The molecule has 3 heterocycles. The quantitative estimate of drug-likeness (QED) is 0.417. The molecule has 0 radical (unpaired) electrons. The second-order valence-electron chi connectivity index (χ2n) is 6.21. The molecular formula is C16H20N2O5S3. The number of thiophene rings is 1. The van der Waals surface area contributed by atoms with Crippen LogP contribution in [0, 0.1) is 13.8 Å². The summed E-state index contributed by atoms with van der Waals surface area (Å²) in [6.45, 7) is 6.18. The SMILES string of the molecule is CCn1c(SCC(=O)O[C@H]2CCS(=O)(=O)C2)nc2sc(C)c(C)c2c1=O. The van der Waals surface area contributed by atoms with Crippen LogP contribution in [0.4, 0.5) is 0 Å². The average molecular weight is 417 g/mol. The number of fused-ring (bicyclic) bond motifs is 1. The Bertz CT molecular complexity index is 1020. The summed E-state index contributed by atoms with van der Waals surface area (Å²) in [7, 11) is -3.09. The van der Waals surface area contributed by atoms with Gasteiger partial charge in [0.2, 0.25) is 0 Å². The highest BCUT2D eigenvalue weighted by Crippen LogP contribution is 2.28. The highest BCUT2D eigenvalue weighted by atomic mass is 32.2. The van der Waals surface area contributed by atoms with E-state index in [0.29, 0.717) is 28.3 Å². The maximum atomic E-state index is 12.7. The maximum Gasteiger partial charge on any atom is 0.316 e. The summed E-state index contributed by atoms with van der Waals surface area (Å²) in [5.41, 5.74) is 0.847. The number of hydrogen-bond acceptors (Lipinski definition) is 8. The summed E-state index contributed by atoms with van der Waals surface area (Å²) in [5.74, 6) is -0.561. The van der Waals surface area contributed by atoms with Gasteiger partial charge in [0, 0.05) is 11.4 Å². The minimum Gasteiger partial charge on any atom is -0.461 e. The number of carbonyl (C=O) groups is 1. The van der Waals surface area contributed by atoms with Crippen LogP contribution in [0.1, 0.15) is 23.8 Å².